The molecule has 0 saturated carbocycles. The van der Waals surface area contributed by atoms with Crippen molar-refractivity contribution in [2.45, 2.75) is 13.0 Å². The lowest BCUT2D eigenvalue weighted by molar-refractivity contribution is 0.0738. The SMILES string of the molecule is C[C@@H](c1ccc(Cl)cc1Cl)N(C)C(=O)c1n[nH]c(=O)c2ccccc12. The third-order valence-corrected chi connectivity index (χ3v) is 4.77. The van der Waals surface area contributed by atoms with E-state index in [-0.39, 0.29) is 23.2 Å². The van der Waals surface area contributed by atoms with E-state index in [0.29, 0.717) is 20.8 Å². The summed E-state index contributed by atoms with van der Waals surface area (Å²) in [5.74, 6) is -0.314. The maximum atomic E-state index is 12.9. The molecule has 2 aromatic carbocycles. The van der Waals surface area contributed by atoms with Gasteiger partial charge in [0.2, 0.25) is 0 Å². The van der Waals surface area contributed by atoms with Gasteiger partial charge < -0.3 is 4.90 Å². The van der Waals surface area contributed by atoms with E-state index < -0.39 is 0 Å². The summed E-state index contributed by atoms with van der Waals surface area (Å²) in [6, 6.07) is 11.7. The molecule has 1 amide bonds. The molecule has 5 nitrogen and oxygen atoms in total. The Kier molecular flexibility index (Phi) is 4.79. The largest absolute Gasteiger partial charge is 0.333 e. The molecule has 0 unspecified atom stereocenters. The Morgan fingerprint density at radius 2 is 1.84 bits per heavy atom. The molecule has 25 heavy (non-hydrogen) atoms. The third-order valence-electron chi connectivity index (χ3n) is 4.21. The Morgan fingerprint density at radius 1 is 1.16 bits per heavy atom. The van der Waals surface area contributed by atoms with Gasteiger partial charge in [-0.15, -0.1) is 0 Å². The summed E-state index contributed by atoms with van der Waals surface area (Å²) in [5, 5.41) is 8.29. The van der Waals surface area contributed by atoms with Crippen molar-refractivity contribution in [1.82, 2.24) is 15.1 Å². The van der Waals surface area contributed by atoms with E-state index in [9.17, 15) is 9.59 Å². The number of carbonyl (C=O) groups is 1. The number of amides is 1. The van der Waals surface area contributed by atoms with Crippen molar-refractivity contribution in [2.75, 3.05) is 7.05 Å². The molecule has 0 bridgehead atoms. The molecule has 1 aromatic heterocycles. The van der Waals surface area contributed by atoms with Crippen molar-refractivity contribution in [3.63, 3.8) is 0 Å². The minimum atomic E-state index is -0.330. The van der Waals surface area contributed by atoms with Gasteiger partial charge in [0.05, 0.1) is 11.4 Å². The second kappa shape index (κ2) is 6.86. The van der Waals surface area contributed by atoms with Crippen LogP contribution in [0.15, 0.2) is 47.3 Å². The first kappa shape index (κ1) is 17.5. The first-order valence-electron chi connectivity index (χ1n) is 7.59. The quantitative estimate of drug-likeness (QED) is 0.750. The summed E-state index contributed by atoms with van der Waals surface area (Å²) in [4.78, 5) is 26.3. The van der Waals surface area contributed by atoms with Crippen LogP contribution in [-0.2, 0) is 0 Å². The van der Waals surface area contributed by atoms with Gasteiger partial charge in [-0.25, -0.2) is 5.10 Å². The van der Waals surface area contributed by atoms with Gasteiger partial charge in [0.15, 0.2) is 5.69 Å². The smallest absolute Gasteiger partial charge is 0.275 e. The number of carbonyl (C=O) groups excluding carboxylic acids is 1. The van der Waals surface area contributed by atoms with Crippen LogP contribution in [0.3, 0.4) is 0 Å². The van der Waals surface area contributed by atoms with Gasteiger partial charge in [0, 0.05) is 22.5 Å². The normalized spacial score (nSPS) is 12.2. The predicted octanol–water partition coefficient (Wildman–Crippen LogP) is 4.06. The van der Waals surface area contributed by atoms with Crippen LogP contribution < -0.4 is 5.56 Å². The Hall–Kier alpha value is -2.37. The molecule has 3 rings (SSSR count). The summed E-state index contributed by atoms with van der Waals surface area (Å²) in [5.41, 5.74) is 0.633. The Morgan fingerprint density at radius 3 is 2.52 bits per heavy atom. The van der Waals surface area contributed by atoms with Crippen LogP contribution in [0.5, 0.6) is 0 Å². The Bertz CT molecular complexity index is 1020. The van der Waals surface area contributed by atoms with Gasteiger partial charge in [0.1, 0.15) is 0 Å². The molecule has 128 valence electrons. The highest BCUT2D eigenvalue weighted by atomic mass is 35.5. The second-order valence-electron chi connectivity index (χ2n) is 5.70. The van der Waals surface area contributed by atoms with Crippen LogP contribution in [0.1, 0.15) is 29.0 Å². The zero-order valence-electron chi connectivity index (χ0n) is 13.6. The number of rotatable bonds is 3. The number of benzene rings is 2. The molecule has 0 spiro atoms. The number of aromatic nitrogens is 2. The van der Waals surface area contributed by atoms with E-state index >= 15 is 0 Å². The fourth-order valence-corrected chi connectivity index (χ4v) is 3.24. The highest BCUT2D eigenvalue weighted by Crippen LogP contribution is 2.30. The molecule has 0 saturated heterocycles. The molecule has 0 aliphatic heterocycles. The number of nitrogens with one attached hydrogen (secondary N) is 1. The highest BCUT2D eigenvalue weighted by Gasteiger charge is 2.24. The van der Waals surface area contributed by atoms with E-state index in [2.05, 4.69) is 10.2 Å². The molecule has 7 heteroatoms. The number of hydrogen-bond donors (Lipinski definition) is 1. The van der Waals surface area contributed by atoms with E-state index in [1.54, 1.807) is 49.5 Å². The van der Waals surface area contributed by atoms with Crippen LogP contribution >= 0.6 is 23.2 Å². The van der Waals surface area contributed by atoms with Crippen LogP contribution in [0.25, 0.3) is 10.8 Å². The van der Waals surface area contributed by atoms with Gasteiger partial charge in [-0.05, 0) is 30.7 Å². The van der Waals surface area contributed by atoms with Crippen molar-refractivity contribution < 1.29 is 4.79 Å². The monoisotopic (exact) mass is 375 g/mol. The van der Waals surface area contributed by atoms with E-state index in [4.69, 9.17) is 23.2 Å². The predicted molar refractivity (Wildman–Crippen MR) is 99.3 cm³/mol. The average molecular weight is 376 g/mol. The molecular formula is C18H15Cl2N3O2. The number of aromatic amines is 1. The van der Waals surface area contributed by atoms with E-state index in [1.165, 1.54) is 4.90 Å². The molecule has 0 aliphatic carbocycles. The van der Waals surface area contributed by atoms with Crippen LogP contribution in [0.2, 0.25) is 10.0 Å². The minimum Gasteiger partial charge on any atom is -0.333 e. The number of halogens is 2. The number of fused-ring (bicyclic) bond motifs is 1. The Balaban J connectivity index is 2.01. The van der Waals surface area contributed by atoms with Crippen molar-refractivity contribution >= 4 is 39.9 Å². The summed E-state index contributed by atoms with van der Waals surface area (Å²) in [7, 11) is 1.67. The zero-order chi connectivity index (χ0) is 18.1. The van der Waals surface area contributed by atoms with Crippen molar-refractivity contribution in [3.8, 4) is 0 Å². The number of H-pyrrole nitrogens is 1. The lowest BCUT2D eigenvalue weighted by Crippen LogP contribution is -2.31. The first-order valence-corrected chi connectivity index (χ1v) is 8.35. The molecule has 0 aliphatic rings. The number of nitrogens with zero attached hydrogens (tertiary/aromatic N) is 2. The average Bonchev–Trinajstić information content (AvgIpc) is 2.60. The lowest BCUT2D eigenvalue weighted by Gasteiger charge is -2.26. The molecule has 1 heterocycles. The van der Waals surface area contributed by atoms with Crippen LogP contribution in [0.4, 0.5) is 0 Å². The fourth-order valence-electron chi connectivity index (χ4n) is 2.67. The molecule has 0 fully saturated rings. The van der Waals surface area contributed by atoms with E-state index in [1.807, 2.05) is 6.92 Å². The molecule has 1 N–H and O–H groups in total. The maximum absolute atomic E-state index is 12.9. The van der Waals surface area contributed by atoms with Crippen molar-refractivity contribution in [1.29, 1.82) is 0 Å². The topological polar surface area (TPSA) is 66.1 Å². The maximum Gasteiger partial charge on any atom is 0.275 e. The summed E-state index contributed by atoms with van der Waals surface area (Å²) in [6.45, 7) is 1.86. The van der Waals surface area contributed by atoms with Gasteiger partial charge in [-0.2, -0.15) is 5.10 Å². The summed E-state index contributed by atoms with van der Waals surface area (Å²) >= 11 is 12.2. The third kappa shape index (κ3) is 3.25. The van der Waals surface area contributed by atoms with Crippen LogP contribution in [0, 0.1) is 0 Å². The highest BCUT2D eigenvalue weighted by molar-refractivity contribution is 6.35. The standard InChI is InChI=1S/C18H15Cl2N3O2/c1-10(12-8-7-11(19)9-15(12)20)23(2)18(25)16-13-5-3-4-6-14(13)17(24)22-21-16/h3-10H,1-2H3,(H,22,24)/t10-/m0/s1. The number of hydrogen-bond acceptors (Lipinski definition) is 3. The van der Waals surface area contributed by atoms with Crippen LogP contribution in [-0.4, -0.2) is 28.1 Å². The zero-order valence-corrected chi connectivity index (χ0v) is 15.1. The Labute approximate surface area is 154 Å². The first-order chi connectivity index (χ1) is 11.9. The minimum absolute atomic E-state index is 0.189. The lowest BCUT2D eigenvalue weighted by atomic mass is 10.1. The molecule has 0 radical (unpaired) electrons. The molecule has 3 aromatic rings. The van der Waals surface area contributed by atoms with E-state index in [0.717, 1.165) is 5.56 Å². The van der Waals surface area contributed by atoms with Crippen molar-refractivity contribution in [3.05, 3.63) is 74.1 Å². The van der Waals surface area contributed by atoms with Gasteiger partial charge >= 0.3 is 0 Å². The van der Waals surface area contributed by atoms with Crippen molar-refractivity contribution in [2.24, 2.45) is 0 Å². The summed E-state index contributed by atoms with van der Waals surface area (Å²) < 4.78 is 0. The fraction of sp³-hybridized carbons (Fsp3) is 0.167. The van der Waals surface area contributed by atoms with Gasteiger partial charge in [0.25, 0.3) is 11.5 Å². The second-order valence-corrected chi connectivity index (χ2v) is 6.55. The molecule has 1 atom stereocenters. The van der Waals surface area contributed by atoms with Gasteiger partial charge in [-0.1, -0.05) is 47.5 Å². The van der Waals surface area contributed by atoms with Gasteiger partial charge in [-0.3, -0.25) is 9.59 Å². The summed E-state index contributed by atoms with van der Waals surface area (Å²) in [6.07, 6.45) is 0. The molecular weight excluding hydrogens is 361 g/mol.